The van der Waals surface area contributed by atoms with Gasteiger partial charge in [0.2, 0.25) is 5.91 Å². The number of carbonyl (C=O) groups is 1. The van der Waals surface area contributed by atoms with E-state index in [0.29, 0.717) is 5.56 Å². The Bertz CT molecular complexity index is 499. The van der Waals surface area contributed by atoms with Gasteiger partial charge in [0.1, 0.15) is 18.0 Å². The second-order valence-corrected chi connectivity index (χ2v) is 4.14. The summed E-state index contributed by atoms with van der Waals surface area (Å²) in [5, 5.41) is 30.5. The SMILES string of the molecule is CC(=O)NCC(O)C(O)c1ccc(F)c(CC#N)c1. The highest BCUT2D eigenvalue weighted by Crippen LogP contribution is 2.20. The van der Waals surface area contributed by atoms with Crippen molar-refractivity contribution in [1.82, 2.24) is 5.32 Å². The Balaban J connectivity index is 2.81. The Morgan fingerprint density at radius 2 is 2.21 bits per heavy atom. The highest BCUT2D eigenvalue weighted by atomic mass is 19.1. The lowest BCUT2D eigenvalue weighted by molar-refractivity contribution is -0.119. The van der Waals surface area contributed by atoms with Gasteiger partial charge in [-0.15, -0.1) is 0 Å². The molecule has 19 heavy (non-hydrogen) atoms. The monoisotopic (exact) mass is 266 g/mol. The summed E-state index contributed by atoms with van der Waals surface area (Å²) in [7, 11) is 0. The molecule has 0 bridgehead atoms. The zero-order valence-electron chi connectivity index (χ0n) is 10.4. The van der Waals surface area contributed by atoms with Crippen LogP contribution in [0.1, 0.15) is 24.2 Å². The molecule has 0 fully saturated rings. The Labute approximate surface area is 110 Å². The van der Waals surface area contributed by atoms with Crippen LogP contribution in [0.15, 0.2) is 18.2 Å². The average molecular weight is 266 g/mol. The Morgan fingerprint density at radius 1 is 1.53 bits per heavy atom. The number of nitrogens with zero attached hydrogens (tertiary/aromatic N) is 1. The summed E-state index contributed by atoms with van der Waals surface area (Å²) in [6.45, 7) is 1.18. The lowest BCUT2D eigenvalue weighted by Crippen LogP contribution is -2.34. The molecule has 0 aliphatic heterocycles. The molecule has 3 N–H and O–H groups in total. The van der Waals surface area contributed by atoms with E-state index >= 15 is 0 Å². The Kier molecular flexibility index (Phi) is 5.42. The molecule has 0 saturated carbocycles. The van der Waals surface area contributed by atoms with Gasteiger partial charge in [-0.05, 0) is 17.7 Å². The number of aliphatic hydroxyl groups excluding tert-OH is 2. The number of hydrogen-bond donors (Lipinski definition) is 3. The molecule has 6 heteroatoms. The van der Waals surface area contributed by atoms with E-state index in [1.54, 1.807) is 0 Å². The third kappa shape index (κ3) is 4.32. The van der Waals surface area contributed by atoms with Gasteiger partial charge in [0.15, 0.2) is 0 Å². The molecule has 1 aromatic rings. The van der Waals surface area contributed by atoms with Crippen LogP contribution in [-0.2, 0) is 11.2 Å². The first kappa shape index (κ1) is 15.1. The summed E-state index contributed by atoms with van der Waals surface area (Å²) in [6.07, 6.45) is -2.58. The van der Waals surface area contributed by atoms with Gasteiger partial charge in [0.25, 0.3) is 0 Å². The van der Waals surface area contributed by atoms with Gasteiger partial charge in [0.05, 0.1) is 12.5 Å². The average Bonchev–Trinajstić information content (AvgIpc) is 2.38. The third-order valence-electron chi connectivity index (χ3n) is 2.61. The second-order valence-electron chi connectivity index (χ2n) is 4.14. The summed E-state index contributed by atoms with van der Waals surface area (Å²) in [5.74, 6) is -0.857. The van der Waals surface area contributed by atoms with Crippen molar-refractivity contribution >= 4 is 5.91 Å². The molecule has 1 aromatic carbocycles. The summed E-state index contributed by atoms with van der Waals surface area (Å²) in [4.78, 5) is 10.7. The first-order valence-corrected chi connectivity index (χ1v) is 5.71. The number of halogens is 1. The number of nitriles is 1. The molecule has 0 aliphatic carbocycles. The fraction of sp³-hybridized carbons (Fsp3) is 0.385. The number of rotatable bonds is 5. The lowest BCUT2D eigenvalue weighted by Gasteiger charge is -2.19. The molecule has 102 valence electrons. The number of aliphatic hydroxyl groups is 2. The van der Waals surface area contributed by atoms with Crippen molar-refractivity contribution in [3.63, 3.8) is 0 Å². The zero-order valence-corrected chi connectivity index (χ0v) is 10.4. The first-order valence-electron chi connectivity index (χ1n) is 5.71. The standard InChI is InChI=1S/C13H15FN2O3/c1-8(17)16-7-12(18)13(19)10-2-3-11(14)9(6-10)4-5-15/h2-3,6,12-13,18-19H,4,7H2,1H3,(H,16,17). The van der Waals surface area contributed by atoms with Crippen molar-refractivity contribution in [2.75, 3.05) is 6.54 Å². The molecule has 0 saturated heterocycles. The van der Waals surface area contributed by atoms with Crippen LogP contribution in [-0.4, -0.2) is 28.8 Å². The quantitative estimate of drug-likeness (QED) is 0.720. The number of nitrogens with one attached hydrogen (secondary N) is 1. The fourth-order valence-electron chi connectivity index (χ4n) is 1.58. The van der Waals surface area contributed by atoms with Crippen molar-refractivity contribution in [1.29, 1.82) is 5.26 Å². The van der Waals surface area contributed by atoms with E-state index in [4.69, 9.17) is 5.26 Å². The molecular weight excluding hydrogens is 251 g/mol. The topological polar surface area (TPSA) is 93.3 Å². The van der Waals surface area contributed by atoms with Crippen molar-refractivity contribution < 1.29 is 19.4 Å². The molecule has 0 aliphatic rings. The third-order valence-corrected chi connectivity index (χ3v) is 2.61. The zero-order chi connectivity index (χ0) is 14.4. The number of hydrogen-bond acceptors (Lipinski definition) is 4. The lowest BCUT2D eigenvalue weighted by atomic mass is 10.0. The van der Waals surface area contributed by atoms with Crippen molar-refractivity contribution in [2.24, 2.45) is 0 Å². The summed E-state index contributed by atoms with van der Waals surface area (Å²) < 4.78 is 13.3. The maximum absolute atomic E-state index is 13.3. The maximum Gasteiger partial charge on any atom is 0.216 e. The smallest absolute Gasteiger partial charge is 0.216 e. The fourth-order valence-corrected chi connectivity index (χ4v) is 1.58. The van der Waals surface area contributed by atoms with Gasteiger partial charge in [-0.1, -0.05) is 6.07 Å². The predicted octanol–water partition coefficient (Wildman–Crippen LogP) is 0.422. The van der Waals surface area contributed by atoms with Crippen LogP contribution < -0.4 is 5.32 Å². The normalized spacial score (nSPS) is 13.4. The van der Waals surface area contributed by atoms with E-state index in [1.807, 2.05) is 6.07 Å². The van der Waals surface area contributed by atoms with Crippen LogP contribution in [0, 0.1) is 17.1 Å². The minimum absolute atomic E-state index is 0.110. The van der Waals surface area contributed by atoms with Gasteiger partial charge in [-0.25, -0.2) is 4.39 Å². The molecule has 0 spiro atoms. The van der Waals surface area contributed by atoms with E-state index in [9.17, 15) is 19.4 Å². The van der Waals surface area contributed by atoms with Crippen LogP contribution in [0.5, 0.6) is 0 Å². The van der Waals surface area contributed by atoms with Crippen LogP contribution in [0.25, 0.3) is 0 Å². The predicted molar refractivity (Wildman–Crippen MR) is 65.4 cm³/mol. The Hall–Kier alpha value is -1.97. The van der Waals surface area contributed by atoms with Gasteiger partial charge in [-0.3, -0.25) is 4.79 Å². The van der Waals surface area contributed by atoms with Crippen molar-refractivity contribution in [2.45, 2.75) is 25.6 Å². The van der Waals surface area contributed by atoms with Gasteiger partial charge in [-0.2, -0.15) is 5.26 Å². The molecule has 5 nitrogen and oxygen atoms in total. The van der Waals surface area contributed by atoms with Crippen LogP contribution >= 0.6 is 0 Å². The van der Waals surface area contributed by atoms with Gasteiger partial charge < -0.3 is 15.5 Å². The minimum atomic E-state index is -1.26. The summed E-state index contributed by atoms with van der Waals surface area (Å²) >= 11 is 0. The first-order chi connectivity index (χ1) is 8.95. The molecule has 2 unspecified atom stereocenters. The van der Waals surface area contributed by atoms with Crippen LogP contribution in [0.3, 0.4) is 0 Å². The molecule has 2 atom stereocenters. The molecule has 1 amide bonds. The van der Waals surface area contributed by atoms with E-state index in [-0.39, 0.29) is 24.4 Å². The Morgan fingerprint density at radius 3 is 2.79 bits per heavy atom. The molecule has 1 rings (SSSR count). The second kappa shape index (κ2) is 6.83. The van der Waals surface area contributed by atoms with Crippen LogP contribution in [0.2, 0.25) is 0 Å². The van der Waals surface area contributed by atoms with Crippen molar-refractivity contribution in [3.05, 3.63) is 35.1 Å². The summed E-state index contributed by atoms with van der Waals surface area (Å²) in [6, 6.07) is 5.62. The van der Waals surface area contributed by atoms with E-state index < -0.39 is 18.0 Å². The van der Waals surface area contributed by atoms with Crippen molar-refractivity contribution in [3.8, 4) is 6.07 Å². The van der Waals surface area contributed by atoms with E-state index in [2.05, 4.69) is 5.32 Å². The highest BCUT2D eigenvalue weighted by molar-refractivity contribution is 5.72. The van der Waals surface area contributed by atoms with E-state index in [1.165, 1.54) is 19.1 Å². The van der Waals surface area contributed by atoms with E-state index in [0.717, 1.165) is 6.07 Å². The highest BCUT2D eigenvalue weighted by Gasteiger charge is 2.19. The molecular formula is C13H15FN2O3. The minimum Gasteiger partial charge on any atom is -0.388 e. The molecule has 0 radical (unpaired) electrons. The van der Waals surface area contributed by atoms with Crippen LogP contribution in [0.4, 0.5) is 4.39 Å². The number of benzene rings is 1. The van der Waals surface area contributed by atoms with Gasteiger partial charge >= 0.3 is 0 Å². The molecule has 0 aromatic heterocycles. The largest absolute Gasteiger partial charge is 0.388 e. The number of carbonyl (C=O) groups excluding carboxylic acids is 1. The summed E-state index contributed by atoms with van der Waals surface area (Å²) in [5.41, 5.74) is 0.454. The number of amides is 1. The van der Waals surface area contributed by atoms with Gasteiger partial charge in [0, 0.05) is 19.0 Å². The molecule has 0 heterocycles. The maximum atomic E-state index is 13.3.